The third kappa shape index (κ3) is 4.60. The molecule has 0 amide bonds. The van der Waals surface area contributed by atoms with Gasteiger partial charge in [-0.05, 0) is 37.0 Å². The number of para-hydroxylation sites is 1. The lowest BCUT2D eigenvalue weighted by molar-refractivity contribution is -0.128. The monoisotopic (exact) mass is 367 g/mol. The molecule has 0 aliphatic heterocycles. The molecule has 1 atom stereocenters. The summed E-state index contributed by atoms with van der Waals surface area (Å²) < 4.78 is 34.8. The Labute approximate surface area is 148 Å². The molecule has 8 heteroatoms. The van der Waals surface area contributed by atoms with Gasteiger partial charge in [0.15, 0.2) is 0 Å². The Morgan fingerprint density at radius 1 is 1.36 bits per heavy atom. The van der Waals surface area contributed by atoms with Crippen molar-refractivity contribution in [2.75, 3.05) is 18.0 Å². The van der Waals surface area contributed by atoms with Crippen molar-refractivity contribution in [2.24, 2.45) is 0 Å². The highest BCUT2D eigenvalue weighted by atomic mass is 32.2. The number of esters is 1. The molecule has 1 aliphatic carbocycles. The summed E-state index contributed by atoms with van der Waals surface area (Å²) in [5.74, 6) is -0.594. The number of methoxy groups -OCH3 is 1. The van der Waals surface area contributed by atoms with Gasteiger partial charge in [-0.15, -0.1) is 0 Å². The highest BCUT2D eigenvalue weighted by Crippen LogP contribution is 2.32. The number of allylic oxidation sites excluding steroid dienone is 1. The van der Waals surface area contributed by atoms with Crippen LogP contribution < -0.4 is 4.31 Å². The van der Waals surface area contributed by atoms with E-state index in [1.54, 1.807) is 18.2 Å². The molecule has 0 aromatic heterocycles. The van der Waals surface area contributed by atoms with Crippen LogP contribution in [0.25, 0.3) is 0 Å². The van der Waals surface area contributed by atoms with Crippen molar-refractivity contribution >= 4 is 29.0 Å². The third-order valence-corrected chi connectivity index (χ3v) is 4.97. The first kappa shape index (κ1) is 19.0. The van der Waals surface area contributed by atoms with Crippen LogP contribution in [0.1, 0.15) is 36.0 Å². The lowest BCUT2D eigenvalue weighted by atomic mass is 9.91. The van der Waals surface area contributed by atoms with Crippen molar-refractivity contribution in [3.63, 3.8) is 0 Å². The third-order valence-electron chi connectivity index (χ3n) is 4.12. The number of rotatable bonds is 8. The lowest BCUT2D eigenvalue weighted by Crippen LogP contribution is -2.38. The van der Waals surface area contributed by atoms with E-state index in [0.717, 1.165) is 18.4 Å². The van der Waals surface area contributed by atoms with Gasteiger partial charge in [0.05, 0.1) is 31.0 Å². The van der Waals surface area contributed by atoms with Crippen LogP contribution in [0, 0.1) is 0 Å². The summed E-state index contributed by atoms with van der Waals surface area (Å²) in [6, 6.07) is 6.05. The Balaban J connectivity index is 2.41. The Kier molecular flexibility index (Phi) is 7.00. The van der Waals surface area contributed by atoms with Crippen LogP contribution in [0.3, 0.4) is 0 Å². The molecule has 0 radical (unpaired) electrons. The van der Waals surface area contributed by atoms with Crippen LogP contribution in [-0.2, 0) is 25.2 Å². The van der Waals surface area contributed by atoms with Crippen LogP contribution in [-0.4, -0.2) is 40.6 Å². The molecule has 0 fully saturated rings. The van der Waals surface area contributed by atoms with Crippen molar-refractivity contribution in [2.45, 2.75) is 31.7 Å². The van der Waals surface area contributed by atoms with Gasteiger partial charge < -0.3 is 9.47 Å². The average molecular weight is 367 g/mol. The number of carbonyl (C=O) groups is 2. The normalized spacial score (nSPS) is 16.9. The molecule has 7 nitrogen and oxygen atoms in total. The second-order valence-electron chi connectivity index (χ2n) is 5.53. The van der Waals surface area contributed by atoms with E-state index in [1.807, 2.05) is 6.08 Å². The van der Waals surface area contributed by atoms with Gasteiger partial charge in [0.2, 0.25) is 10.9 Å². The molecule has 0 heterocycles. The first-order chi connectivity index (χ1) is 12.1. The number of thiol groups is 1. The predicted molar refractivity (Wildman–Crippen MR) is 92.9 cm³/mol. The van der Waals surface area contributed by atoms with Crippen LogP contribution in [0.5, 0.6) is 0 Å². The lowest BCUT2D eigenvalue weighted by Gasteiger charge is -2.33. The predicted octanol–water partition coefficient (Wildman–Crippen LogP) is 1.85. The molecule has 1 unspecified atom stereocenters. The SMILES string of the molecule is COC(=O)c1ccccc1N(C1CCCC=C1CCOC=O)[SH](=O)=O. The van der Waals surface area contributed by atoms with E-state index in [4.69, 9.17) is 9.47 Å². The molecule has 0 spiro atoms. The molecule has 0 saturated heterocycles. The molecule has 2 rings (SSSR count). The Hall–Kier alpha value is -2.35. The minimum absolute atomic E-state index is 0.188. The summed E-state index contributed by atoms with van der Waals surface area (Å²) in [6.07, 6.45) is 4.74. The zero-order valence-electron chi connectivity index (χ0n) is 13.9. The Bertz CT molecular complexity index is 720. The van der Waals surface area contributed by atoms with Crippen molar-refractivity contribution < 1.29 is 27.5 Å². The maximum Gasteiger partial charge on any atom is 0.340 e. The van der Waals surface area contributed by atoms with E-state index >= 15 is 0 Å². The smallest absolute Gasteiger partial charge is 0.340 e. The topological polar surface area (TPSA) is 90.0 Å². The number of benzene rings is 1. The fourth-order valence-electron chi connectivity index (χ4n) is 3.02. The minimum Gasteiger partial charge on any atom is -0.468 e. The summed E-state index contributed by atoms with van der Waals surface area (Å²) in [7, 11) is -1.73. The van der Waals surface area contributed by atoms with Gasteiger partial charge in [-0.25, -0.2) is 13.2 Å². The fourth-order valence-corrected chi connectivity index (χ4v) is 3.86. The molecular formula is C17H21NO6S. The standard InChI is InChI=1S/C17H21NO6S/c1-23-17(20)14-7-3-5-9-16(14)18(25(21)22)15-8-4-2-6-13(15)10-11-24-12-19/h3,5-7,9,12,15,25H,2,4,8,10-11H2,1H3. The van der Waals surface area contributed by atoms with Crippen LogP contribution >= 0.6 is 0 Å². The molecule has 25 heavy (non-hydrogen) atoms. The molecule has 1 aromatic rings. The zero-order chi connectivity index (χ0) is 18.2. The van der Waals surface area contributed by atoms with Gasteiger partial charge in [-0.3, -0.25) is 9.10 Å². The molecule has 136 valence electrons. The second kappa shape index (κ2) is 9.22. The Morgan fingerprint density at radius 2 is 2.12 bits per heavy atom. The van der Waals surface area contributed by atoms with Gasteiger partial charge in [-0.1, -0.05) is 18.2 Å². The number of carbonyl (C=O) groups excluding carboxylic acids is 2. The number of hydrogen-bond acceptors (Lipinski definition) is 6. The van der Waals surface area contributed by atoms with Gasteiger partial charge in [0, 0.05) is 6.42 Å². The maximum atomic E-state index is 12.0. The van der Waals surface area contributed by atoms with Crippen molar-refractivity contribution in [3.8, 4) is 0 Å². The summed E-state index contributed by atoms with van der Waals surface area (Å²) in [5.41, 5.74) is 1.37. The molecular weight excluding hydrogens is 346 g/mol. The van der Waals surface area contributed by atoms with E-state index in [1.165, 1.54) is 17.5 Å². The average Bonchev–Trinajstić information content (AvgIpc) is 2.63. The second-order valence-corrected chi connectivity index (χ2v) is 6.44. The van der Waals surface area contributed by atoms with Crippen LogP contribution in [0.15, 0.2) is 35.9 Å². The minimum atomic E-state index is -2.98. The first-order valence-electron chi connectivity index (χ1n) is 7.95. The van der Waals surface area contributed by atoms with Crippen LogP contribution in [0.4, 0.5) is 5.69 Å². The molecule has 0 N–H and O–H groups in total. The largest absolute Gasteiger partial charge is 0.468 e. The van der Waals surface area contributed by atoms with E-state index in [2.05, 4.69) is 0 Å². The molecule has 0 saturated carbocycles. The van der Waals surface area contributed by atoms with Gasteiger partial charge in [0.25, 0.3) is 6.47 Å². The van der Waals surface area contributed by atoms with Gasteiger partial charge in [0.1, 0.15) is 0 Å². The maximum absolute atomic E-state index is 12.0. The van der Waals surface area contributed by atoms with E-state index in [-0.39, 0.29) is 12.2 Å². The van der Waals surface area contributed by atoms with Crippen LogP contribution in [0.2, 0.25) is 0 Å². The van der Waals surface area contributed by atoms with Gasteiger partial charge in [-0.2, -0.15) is 0 Å². The quantitative estimate of drug-likeness (QED) is 0.248. The summed E-state index contributed by atoms with van der Waals surface area (Å²) in [5, 5.41) is 0. The summed E-state index contributed by atoms with van der Waals surface area (Å²) in [6.45, 7) is 0.560. The number of ether oxygens (including phenoxy) is 2. The van der Waals surface area contributed by atoms with Crippen molar-refractivity contribution in [3.05, 3.63) is 41.5 Å². The van der Waals surface area contributed by atoms with Gasteiger partial charge >= 0.3 is 5.97 Å². The Morgan fingerprint density at radius 3 is 2.80 bits per heavy atom. The highest BCUT2D eigenvalue weighted by molar-refractivity contribution is 7.74. The van der Waals surface area contributed by atoms with Crippen molar-refractivity contribution in [1.82, 2.24) is 0 Å². The molecule has 1 aromatic carbocycles. The molecule has 0 bridgehead atoms. The van der Waals surface area contributed by atoms with E-state index in [0.29, 0.717) is 25.0 Å². The summed E-state index contributed by atoms with van der Waals surface area (Å²) in [4.78, 5) is 22.4. The van der Waals surface area contributed by atoms with Crippen molar-refractivity contribution in [1.29, 1.82) is 0 Å². The van der Waals surface area contributed by atoms with E-state index < -0.39 is 22.9 Å². The molecule has 1 aliphatic rings. The highest BCUT2D eigenvalue weighted by Gasteiger charge is 2.29. The first-order valence-corrected chi connectivity index (χ1v) is 9.08. The number of anilines is 1. The zero-order valence-corrected chi connectivity index (χ0v) is 14.8. The summed E-state index contributed by atoms with van der Waals surface area (Å²) >= 11 is 0. The fraction of sp³-hybridized carbons (Fsp3) is 0.412. The van der Waals surface area contributed by atoms with E-state index in [9.17, 15) is 18.0 Å². The number of nitrogens with zero attached hydrogens (tertiary/aromatic N) is 1. The number of hydrogen-bond donors (Lipinski definition) is 1.